The van der Waals surface area contributed by atoms with Gasteiger partial charge in [-0.2, -0.15) is 0 Å². The van der Waals surface area contributed by atoms with Crippen molar-refractivity contribution >= 4 is 29.9 Å². The van der Waals surface area contributed by atoms with Gasteiger partial charge in [-0.3, -0.25) is 4.99 Å². The molecule has 2 fully saturated rings. The Morgan fingerprint density at radius 1 is 1.17 bits per heavy atom. The van der Waals surface area contributed by atoms with Crippen LogP contribution in [0.1, 0.15) is 44.9 Å². The van der Waals surface area contributed by atoms with E-state index in [1.807, 2.05) is 7.05 Å². The van der Waals surface area contributed by atoms with Crippen LogP contribution in [-0.4, -0.2) is 63.8 Å². The van der Waals surface area contributed by atoms with Crippen LogP contribution in [0.15, 0.2) is 4.99 Å². The summed E-state index contributed by atoms with van der Waals surface area (Å²) in [6.45, 7) is 3.71. The lowest BCUT2D eigenvalue weighted by atomic mass is 9.89. The van der Waals surface area contributed by atoms with Crippen molar-refractivity contribution in [1.82, 2.24) is 15.5 Å². The Bertz CT molecular complexity index is 349. The minimum atomic E-state index is 0. The first-order valence-corrected chi connectivity index (χ1v) is 8.86. The molecule has 23 heavy (non-hydrogen) atoms. The van der Waals surface area contributed by atoms with E-state index in [2.05, 4.69) is 34.6 Å². The van der Waals surface area contributed by atoms with Crippen LogP contribution in [0.5, 0.6) is 0 Å². The number of halogens is 1. The summed E-state index contributed by atoms with van der Waals surface area (Å²) >= 11 is 0. The van der Waals surface area contributed by atoms with Crippen molar-refractivity contribution in [2.24, 2.45) is 10.9 Å². The van der Waals surface area contributed by atoms with Crippen molar-refractivity contribution in [3.63, 3.8) is 0 Å². The minimum Gasteiger partial charge on any atom is -0.381 e. The van der Waals surface area contributed by atoms with Crippen LogP contribution in [0.25, 0.3) is 0 Å². The van der Waals surface area contributed by atoms with Crippen LogP contribution in [0.4, 0.5) is 0 Å². The summed E-state index contributed by atoms with van der Waals surface area (Å²) in [5, 5.41) is 7.03. The fourth-order valence-electron chi connectivity index (χ4n) is 3.62. The SMILES string of the molecule is CN=C(NCC1CCOC1)NCC1(N(C)C)CCCCCC1.I. The molecular weight excluding hydrogens is 403 g/mol. The third-order valence-corrected chi connectivity index (χ3v) is 5.37. The molecule has 136 valence electrons. The molecule has 1 unspecified atom stereocenters. The highest BCUT2D eigenvalue weighted by Crippen LogP contribution is 2.30. The molecule has 1 saturated heterocycles. The number of likely N-dealkylation sites (N-methyl/N-ethyl adjacent to an activating group) is 1. The lowest BCUT2D eigenvalue weighted by Crippen LogP contribution is -2.54. The van der Waals surface area contributed by atoms with Crippen molar-refractivity contribution in [1.29, 1.82) is 0 Å². The number of hydrogen-bond acceptors (Lipinski definition) is 3. The summed E-state index contributed by atoms with van der Waals surface area (Å²) in [5.74, 6) is 1.55. The Kier molecular flexibility index (Phi) is 9.77. The first kappa shape index (κ1) is 21.0. The van der Waals surface area contributed by atoms with Gasteiger partial charge in [-0.05, 0) is 33.4 Å². The molecule has 0 aromatic carbocycles. The molecule has 1 aliphatic carbocycles. The summed E-state index contributed by atoms with van der Waals surface area (Å²) in [6, 6.07) is 0. The molecule has 2 aliphatic rings. The second-order valence-corrected chi connectivity index (χ2v) is 7.07. The Morgan fingerprint density at radius 3 is 2.39 bits per heavy atom. The summed E-state index contributed by atoms with van der Waals surface area (Å²) in [6.07, 6.45) is 9.15. The van der Waals surface area contributed by atoms with E-state index in [4.69, 9.17) is 4.74 Å². The Hall–Kier alpha value is -0.0800. The average Bonchev–Trinajstić information content (AvgIpc) is 2.91. The van der Waals surface area contributed by atoms with Crippen LogP contribution in [0.2, 0.25) is 0 Å². The number of hydrogen-bond donors (Lipinski definition) is 2. The summed E-state index contributed by atoms with van der Waals surface area (Å²) < 4.78 is 5.43. The smallest absolute Gasteiger partial charge is 0.191 e. The van der Waals surface area contributed by atoms with E-state index in [0.717, 1.165) is 38.7 Å². The van der Waals surface area contributed by atoms with E-state index in [9.17, 15) is 0 Å². The molecule has 0 spiro atoms. The Labute approximate surface area is 159 Å². The summed E-state index contributed by atoms with van der Waals surface area (Å²) in [7, 11) is 6.30. The van der Waals surface area contributed by atoms with Crippen molar-refractivity contribution in [3.05, 3.63) is 0 Å². The van der Waals surface area contributed by atoms with Gasteiger partial charge in [0.15, 0.2) is 5.96 Å². The van der Waals surface area contributed by atoms with E-state index in [1.54, 1.807) is 0 Å². The molecule has 0 aromatic heterocycles. The van der Waals surface area contributed by atoms with E-state index in [1.165, 1.54) is 38.5 Å². The van der Waals surface area contributed by atoms with Gasteiger partial charge in [-0.15, -0.1) is 24.0 Å². The topological polar surface area (TPSA) is 48.9 Å². The molecule has 6 heteroatoms. The minimum absolute atomic E-state index is 0. The molecule has 0 aromatic rings. The van der Waals surface area contributed by atoms with Crippen LogP contribution < -0.4 is 10.6 Å². The van der Waals surface area contributed by atoms with Crippen LogP contribution >= 0.6 is 24.0 Å². The van der Waals surface area contributed by atoms with Gasteiger partial charge in [0.2, 0.25) is 0 Å². The van der Waals surface area contributed by atoms with Crippen molar-refractivity contribution in [2.45, 2.75) is 50.5 Å². The molecule has 1 saturated carbocycles. The number of ether oxygens (including phenoxy) is 1. The van der Waals surface area contributed by atoms with E-state index in [0.29, 0.717) is 5.92 Å². The standard InChI is InChI=1S/C17H34N4O.HI/c1-18-16(19-12-15-8-11-22-13-15)20-14-17(21(2)3)9-6-4-5-7-10-17;/h15H,4-14H2,1-3H3,(H2,18,19,20);1H. The van der Waals surface area contributed by atoms with Crippen LogP contribution in [0, 0.1) is 5.92 Å². The van der Waals surface area contributed by atoms with E-state index < -0.39 is 0 Å². The molecule has 2 rings (SSSR count). The number of nitrogens with one attached hydrogen (secondary N) is 2. The normalized spacial score (nSPS) is 24.9. The van der Waals surface area contributed by atoms with Gasteiger partial charge in [0.25, 0.3) is 0 Å². The van der Waals surface area contributed by atoms with E-state index >= 15 is 0 Å². The predicted octanol–water partition coefficient (Wildman–Crippen LogP) is 2.46. The van der Waals surface area contributed by atoms with Crippen LogP contribution in [-0.2, 0) is 4.74 Å². The zero-order valence-electron chi connectivity index (χ0n) is 15.1. The number of aliphatic imine (C=N–C) groups is 1. The lowest BCUT2D eigenvalue weighted by Gasteiger charge is -2.40. The highest BCUT2D eigenvalue weighted by atomic mass is 127. The highest BCUT2D eigenvalue weighted by Gasteiger charge is 2.33. The Balaban J connectivity index is 0.00000264. The van der Waals surface area contributed by atoms with Crippen molar-refractivity contribution < 1.29 is 4.74 Å². The zero-order valence-corrected chi connectivity index (χ0v) is 17.4. The second kappa shape index (κ2) is 10.7. The molecule has 1 heterocycles. The average molecular weight is 438 g/mol. The van der Waals surface area contributed by atoms with Gasteiger partial charge in [0.05, 0.1) is 6.61 Å². The maximum Gasteiger partial charge on any atom is 0.191 e. The molecule has 1 aliphatic heterocycles. The monoisotopic (exact) mass is 438 g/mol. The van der Waals surface area contributed by atoms with Gasteiger partial charge in [-0.1, -0.05) is 25.7 Å². The van der Waals surface area contributed by atoms with Gasteiger partial charge in [-0.25, -0.2) is 0 Å². The Morgan fingerprint density at radius 2 is 1.87 bits per heavy atom. The zero-order chi connectivity index (χ0) is 15.8. The summed E-state index contributed by atoms with van der Waals surface area (Å²) in [4.78, 5) is 6.80. The number of rotatable bonds is 5. The molecular formula is C17H35IN4O. The van der Waals surface area contributed by atoms with Crippen molar-refractivity contribution in [2.75, 3.05) is 47.4 Å². The maximum absolute atomic E-state index is 5.43. The third kappa shape index (κ3) is 6.38. The molecule has 1 atom stereocenters. The molecule has 0 bridgehead atoms. The first-order chi connectivity index (χ1) is 10.7. The lowest BCUT2D eigenvalue weighted by molar-refractivity contribution is 0.132. The van der Waals surface area contributed by atoms with Crippen molar-refractivity contribution in [3.8, 4) is 0 Å². The predicted molar refractivity (Wildman–Crippen MR) is 108 cm³/mol. The number of nitrogens with zero attached hydrogens (tertiary/aromatic N) is 2. The third-order valence-electron chi connectivity index (χ3n) is 5.37. The number of guanidine groups is 1. The van der Waals surface area contributed by atoms with Crippen LogP contribution in [0.3, 0.4) is 0 Å². The second-order valence-electron chi connectivity index (χ2n) is 7.07. The summed E-state index contributed by atoms with van der Waals surface area (Å²) in [5.41, 5.74) is 0.268. The quantitative estimate of drug-likeness (QED) is 0.300. The van der Waals surface area contributed by atoms with E-state index in [-0.39, 0.29) is 29.5 Å². The molecule has 0 radical (unpaired) electrons. The fraction of sp³-hybridized carbons (Fsp3) is 0.941. The molecule has 2 N–H and O–H groups in total. The van der Waals surface area contributed by atoms with Gasteiger partial charge < -0.3 is 20.3 Å². The fourth-order valence-corrected chi connectivity index (χ4v) is 3.62. The van der Waals surface area contributed by atoms with Gasteiger partial charge in [0.1, 0.15) is 0 Å². The highest BCUT2D eigenvalue weighted by molar-refractivity contribution is 14.0. The molecule has 0 amide bonds. The van der Waals surface area contributed by atoms with Gasteiger partial charge in [0, 0.05) is 38.2 Å². The first-order valence-electron chi connectivity index (χ1n) is 8.86. The maximum atomic E-state index is 5.43. The molecule has 5 nitrogen and oxygen atoms in total. The van der Waals surface area contributed by atoms with Gasteiger partial charge >= 0.3 is 0 Å². The largest absolute Gasteiger partial charge is 0.381 e.